The maximum absolute atomic E-state index is 10.1. The number of aromatic nitrogens is 3. The molecule has 32 heavy (non-hydrogen) atoms. The van der Waals surface area contributed by atoms with E-state index in [-0.39, 0.29) is 5.75 Å². The first-order valence-corrected chi connectivity index (χ1v) is 11.3. The summed E-state index contributed by atoms with van der Waals surface area (Å²) in [6, 6.07) is 3.45. The molecule has 0 saturated carbocycles. The highest BCUT2D eigenvalue weighted by molar-refractivity contribution is 9.10. The lowest BCUT2D eigenvalue weighted by atomic mass is 10.2. The van der Waals surface area contributed by atoms with Crippen molar-refractivity contribution in [3.63, 3.8) is 0 Å². The summed E-state index contributed by atoms with van der Waals surface area (Å²) in [5.74, 6) is 1.97. The maximum Gasteiger partial charge on any atom is 0.250 e. The van der Waals surface area contributed by atoms with Crippen LogP contribution in [-0.2, 0) is 9.47 Å². The largest absolute Gasteiger partial charge is 0.503 e. The summed E-state index contributed by atoms with van der Waals surface area (Å²) in [6.45, 7) is 7.72. The van der Waals surface area contributed by atoms with Crippen molar-refractivity contribution in [2.75, 3.05) is 74.4 Å². The van der Waals surface area contributed by atoms with Crippen molar-refractivity contribution in [3.8, 4) is 11.5 Å². The number of phenolic OH excluding ortho intramolecular Hbond substituents is 1. The predicted octanol–water partition coefficient (Wildman–Crippen LogP) is 1.86. The highest BCUT2D eigenvalue weighted by atomic mass is 79.9. The van der Waals surface area contributed by atoms with Gasteiger partial charge < -0.3 is 29.1 Å². The van der Waals surface area contributed by atoms with Crippen LogP contribution in [0.25, 0.3) is 0 Å². The molecule has 0 unspecified atom stereocenters. The Morgan fingerprint density at radius 3 is 2.22 bits per heavy atom. The second kappa shape index (κ2) is 10.7. The van der Waals surface area contributed by atoms with Gasteiger partial charge in [0.1, 0.15) is 0 Å². The van der Waals surface area contributed by atoms with Crippen molar-refractivity contribution in [1.82, 2.24) is 15.0 Å². The van der Waals surface area contributed by atoms with Crippen molar-refractivity contribution in [1.29, 1.82) is 0 Å². The van der Waals surface area contributed by atoms with Gasteiger partial charge in [-0.25, -0.2) is 5.43 Å². The number of rotatable bonds is 7. The van der Waals surface area contributed by atoms with Gasteiger partial charge in [0, 0.05) is 26.2 Å². The summed E-state index contributed by atoms with van der Waals surface area (Å²) in [5.41, 5.74) is 3.65. The molecule has 0 atom stereocenters. The monoisotopic (exact) mass is 507 g/mol. The Morgan fingerprint density at radius 1 is 1.06 bits per heavy atom. The van der Waals surface area contributed by atoms with Gasteiger partial charge in [0.05, 0.1) is 43.7 Å². The number of hydrogen-bond donors (Lipinski definition) is 2. The first-order chi connectivity index (χ1) is 15.6. The molecule has 0 aliphatic carbocycles. The van der Waals surface area contributed by atoms with Gasteiger partial charge in [-0.15, -0.1) is 0 Å². The number of halogens is 1. The van der Waals surface area contributed by atoms with E-state index in [2.05, 4.69) is 51.2 Å². The average Bonchev–Trinajstić information content (AvgIpc) is 2.83. The summed E-state index contributed by atoms with van der Waals surface area (Å²) >= 11 is 3.33. The average molecular weight is 508 g/mol. The van der Waals surface area contributed by atoms with Gasteiger partial charge in [0.2, 0.25) is 17.8 Å². The summed E-state index contributed by atoms with van der Waals surface area (Å²) in [7, 11) is 0. The molecule has 0 bridgehead atoms. The second-order valence-corrected chi connectivity index (χ2v) is 7.96. The predicted molar refractivity (Wildman–Crippen MR) is 124 cm³/mol. The number of hydrogen-bond acceptors (Lipinski definition) is 11. The molecule has 4 rings (SSSR count). The van der Waals surface area contributed by atoms with E-state index in [1.165, 1.54) is 0 Å². The zero-order chi connectivity index (χ0) is 22.3. The molecule has 2 aromatic rings. The summed E-state index contributed by atoms with van der Waals surface area (Å²) in [5, 5.41) is 14.4. The molecule has 2 aliphatic heterocycles. The maximum atomic E-state index is 10.1. The van der Waals surface area contributed by atoms with Crippen molar-refractivity contribution in [2.45, 2.75) is 6.92 Å². The molecule has 0 radical (unpaired) electrons. The molecular formula is C20H26BrN7O4. The number of benzene rings is 1. The van der Waals surface area contributed by atoms with E-state index in [4.69, 9.17) is 14.2 Å². The van der Waals surface area contributed by atoms with E-state index in [9.17, 15) is 5.11 Å². The minimum absolute atomic E-state index is 0.0553. The molecule has 0 spiro atoms. The lowest BCUT2D eigenvalue weighted by Gasteiger charge is -2.30. The molecule has 12 heteroatoms. The molecule has 2 saturated heterocycles. The van der Waals surface area contributed by atoms with Gasteiger partial charge in [0.15, 0.2) is 11.5 Å². The van der Waals surface area contributed by atoms with Gasteiger partial charge in [0.25, 0.3) is 0 Å². The first kappa shape index (κ1) is 22.5. The lowest BCUT2D eigenvalue weighted by Crippen LogP contribution is -2.40. The SMILES string of the molecule is CCOc1cc(C=NNc2nc(N3CCOCC3)nc(N3CCOCC3)n2)cc(Br)c1O. The van der Waals surface area contributed by atoms with Crippen LogP contribution in [0.2, 0.25) is 0 Å². The molecule has 2 aliphatic rings. The van der Waals surface area contributed by atoms with Gasteiger partial charge >= 0.3 is 0 Å². The molecule has 1 aromatic heterocycles. The van der Waals surface area contributed by atoms with Crippen LogP contribution < -0.4 is 20.0 Å². The topological polar surface area (TPSA) is 117 Å². The third kappa shape index (κ3) is 5.56. The number of phenols is 1. The Labute approximate surface area is 194 Å². The summed E-state index contributed by atoms with van der Waals surface area (Å²) in [4.78, 5) is 17.9. The third-order valence-corrected chi connectivity index (χ3v) is 5.53. The number of nitrogens with zero attached hydrogens (tertiary/aromatic N) is 6. The smallest absolute Gasteiger partial charge is 0.250 e. The van der Waals surface area contributed by atoms with E-state index >= 15 is 0 Å². The summed E-state index contributed by atoms with van der Waals surface area (Å²) in [6.07, 6.45) is 1.61. The van der Waals surface area contributed by atoms with Crippen LogP contribution in [0.3, 0.4) is 0 Å². The quantitative estimate of drug-likeness (QED) is 0.424. The van der Waals surface area contributed by atoms with Crippen LogP contribution in [0.4, 0.5) is 17.8 Å². The molecule has 3 heterocycles. The van der Waals surface area contributed by atoms with Crippen molar-refractivity contribution in [2.24, 2.45) is 5.10 Å². The number of ether oxygens (including phenoxy) is 3. The van der Waals surface area contributed by atoms with Crippen LogP contribution in [0, 0.1) is 0 Å². The van der Waals surface area contributed by atoms with Crippen LogP contribution in [0.15, 0.2) is 21.7 Å². The minimum Gasteiger partial charge on any atom is -0.503 e. The highest BCUT2D eigenvalue weighted by Gasteiger charge is 2.20. The number of anilines is 3. The first-order valence-electron chi connectivity index (χ1n) is 10.5. The lowest BCUT2D eigenvalue weighted by molar-refractivity contribution is 0.121. The van der Waals surface area contributed by atoms with Crippen LogP contribution >= 0.6 is 15.9 Å². The number of nitrogens with one attached hydrogen (secondary N) is 1. The van der Waals surface area contributed by atoms with Crippen molar-refractivity contribution in [3.05, 3.63) is 22.2 Å². The van der Waals surface area contributed by atoms with E-state index < -0.39 is 0 Å². The molecule has 2 fully saturated rings. The highest BCUT2D eigenvalue weighted by Crippen LogP contribution is 2.35. The van der Waals surface area contributed by atoms with Crippen molar-refractivity contribution < 1.29 is 19.3 Å². The van der Waals surface area contributed by atoms with Gasteiger partial charge in [-0.2, -0.15) is 20.1 Å². The Balaban J connectivity index is 1.55. The van der Waals surface area contributed by atoms with Crippen LogP contribution in [0.5, 0.6) is 11.5 Å². The Hall–Kier alpha value is -2.70. The van der Waals surface area contributed by atoms with Gasteiger partial charge in [-0.05, 0) is 40.5 Å². The Bertz CT molecular complexity index is 914. The normalized spacial score (nSPS) is 17.1. The fourth-order valence-electron chi connectivity index (χ4n) is 3.31. The fourth-order valence-corrected chi connectivity index (χ4v) is 3.77. The Morgan fingerprint density at radius 2 is 1.66 bits per heavy atom. The van der Waals surface area contributed by atoms with E-state index in [0.29, 0.717) is 61.1 Å². The van der Waals surface area contributed by atoms with E-state index in [1.807, 2.05) is 6.92 Å². The van der Waals surface area contributed by atoms with Crippen LogP contribution in [0.1, 0.15) is 12.5 Å². The molecule has 2 N–H and O–H groups in total. The Kier molecular flexibility index (Phi) is 7.55. The van der Waals surface area contributed by atoms with Gasteiger partial charge in [-0.1, -0.05) is 0 Å². The molecule has 172 valence electrons. The number of hydrazone groups is 1. The molecular weight excluding hydrogens is 482 g/mol. The van der Waals surface area contributed by atoms with Gasteiger partial charge in [-0.3, -0.25) is 0 Å². The standard InChI is InChI=1S/C20H26BrN7O4/c1-2-32-16-12-14(11-15(21)17(16)29)13-22-26-18-23-19(27-3-7-30-8-4-27)25-20(24-18)28-5-9-31-10-6-28/h11-13,29H,2-10H2,1H3,(H,23,24,25,26). The number of aromatic hydroxyl groups is 1. The zero-order valence-corrected chi connectivity index (χ0v) is 19.4. The second-order valence-electron chi connectivity index (χ2n) is 7.11. The van der Waals surface area contributed by atoms with Crippen molar-refractivity contribution >= 4 is 40.0 Å². The zero-order valence-electron chi connectivity index (χ0n) is 17.8. The van der Waals surface area contributed by atoms with E-state index in [0.717, 1.165) is 31.7 Å². The molecule has 0 amide bonds. The third-order valence-electron chi connectivity index (χ3n) is 4.93. The fraction of sp³-hybridized carbons (Fsp3) is 0.500. The number of morpholine rings is 2. The van der Waals surface area contributed by atoms with Crippen LogP contribution in [-0.4, -0.2) is 85.5 Å². The summed E-state index contributed by atoms with van der Waals surface area (Å²) < 4.78 is 16.9. The molecule has 11 nitrogen and oxygen atoms in total. The molecule has 1 aromatic carbocycles. The minimum atomic E-state index is 0.0553. The van der Waals surface area contributed by atoms with E-state index in [1.54, 1.807) is 18.3 Å².